The lowest BCUT2D eigenvalue weighted by atomic mass is 9.85. The summed E-state index contributed by atoms with van der Waals surface area (Å²) in [5, 5.41) is 9.68. The van der Waals surface area contributed by atoms with Gasteiger partial charge in [-0.1, -0.05) is 57.2 Å². The number of rotatable bonds is 2. The molecule has 0 bridgehead atoms. The molecule has 0 saturated carbocycles. The SMILES string of the molecule is CC(C)(C)Cc1cc(O)ccc1-c1ccccc1. The number of hydrogen-bond donors (Lipinski definition) is 1. The molecule has 94 valence electrons. The van der Waals surface area contributed by atoms with Gasteiger partial charge in [0.2, 0.25) is 0 Å². The van der Waals surface area contributed by atoms with Gasteiger partial charge in [0.1, 0.15) is 5.75 Å². The van der Waals surface area contributed by atoms with E-state index in [1.165, 1.54) is 16.7 Å². The zero-order valence-corrected chi connectivity index (χ0v) is 11.3. The van der Waals surface area contributed by atoms with Crippen LogP contribution in [0.3, 0.4) is 0 Å². The Hall–Kier alpha value is -1.76. The third-order valence-electron chi connectivity index (χ3n) is 2.89. The molecule has 2 aromatic carbocycles. The van der Waals surface area contributed by atoms with E-state index in [4.69, 9.17) is 0 Å². The smallest absolute Gasteiger partial charge is 0.115 e. The fraction of sp³-hybridized carbons (Fsp3) is 0.294. The summed E-state index contributed by atoms with van der Waals surface area (Å²) in [5.74, 6) is 0.342. The molecule has 1 heteroatoms. The summed E-state index contributed by atoms with van der Waals surface area (Å²) in [4.78, 5) is 0. The van der Waals surface area contributed by atoms with Gasteiger partial charge in [-0.3, -0.25) is 0 Å². The van der Waals surface area contributed by atoms with E-state index < -0.39 is 0 Å². The number of phenols is 1. The van der Waals surface area contributed by atoms with Gasteiger partial charge in [0.15, 0.2) is 0 Å². The lowest BCUT2D eigenvalue weighted by molar-refractivity contribution is 0.410. The Kier molecular flexibility index (Phi) is 3.42. The van der Waals surface area contributed by atoms with Crippen LogP contribution in [-0.2, 0) is 6.42 Å². The van der Waals surface area contributed by atoms with E-state index in [0.29, 0.717) is 5.75 Å². The number of hydrogen-bond acceptors (Lipinski definition) is 1. The van der Waals surface area contributed by atoms with Crippen molar-refractivity contribution < 1.29 is 5.11 Å². The van der Waals surface area contributed by atoms with E-state index in [1.807, 2.05) is 30.3 Å². The second kappa shape index (κ2) is 4.85. The van der Waals surface area contributed by atoms with Crippen LogP contribution in [0.2, 0.25) is 0 Å². The van der Waals surface area contributed by atoms with Crippen LogP contribution in [0.1, 0.15) is 26.3 Å². The first-order valence-corrected chi connectivity index (χ1v) is 6.33. The van der Waals surface area contributed by atoms with E-state index in [1.54, 1.807) is 6.07 Å². The van der Waals surface area contributed by atoms with Crippen LogP contribution in [0.15, 0.2) is 48.5 Å². The van der Waals surface area contributed by atoms with Gasteiger partial charge in [0.25, 0.3) is 0 Å². The minimum atomic E-state index is 0.206. The van der Waals surface area contributed by atoms with Crippen molar-refractivity contribution >= 4 is 0 Å². The Morgan fingerprint density at radius 1 is 0.944 bits per heavy atom. The second-order valence-electron chi connectivity index (χ2n) is 5.94. The molecule has 0 atom stereocenters. The maximum Gasteiger partial charge on any atom is 0.115 e. The first-order valence-electron chi connectivity index (χ1n) is 6.33. The molecule has 0 fully saturated rings. The van der Waals surface area contributed by atoms with Crippen molar-refractivity contribution in [3.8, 4) is 16.9 Å². The molecule has 0 aromatic heterocycles. The summed E-state index contributed by atoms with van der Waals surface area (Å²) in [7, 11) is 0. The standard InChI is InChI=1S/C17H20O/c1-17(2,3)12-14-11-15(18)9-10-16(14)13-7-5-4-6-8-13/h4-11,18H,12H2,1-3H3. The van der Waals surface area contributed by atoms with Gasteiger partial charge in [-0.15, -0.1) is 0 Å². The van der Waals surface area contributed by atoms with Crippen LogP contribution in [-0.4, -0.2) is 5.11 Å². The van der Waals surface area contributed by atoms with Crippen molar-refractivity contribution in [2.24, 2.45) is 5.41 Å². The van der Waals surface area contributed by atoms with Crippen LogP contribution in [0.5, 0.6) is 5.75 Å². The summed E-state index contributed by atoms with van der Waals surface area (Å²) < 4.78 is 0. The fourth-order valence-corrected chi connectivity index (χ4v) is 2.20. The average Bonchev–Trinajstić information content (AvgIpc) is 2.28. The Labute approximate surface area is 109 Å². The maximum absolute atomic E-state index is 9.68. The Bertz CT molecular complexity index is 521. The zero-order valence-electron chi connectivity index (χ0n) is 11.3. The van der Waals surface area contributed by atoms with Crippen molar-refractivity contribution in [2.45, 2.75) is 27.2 Å². The van der Waals surface area contributed by atoms with Crippen LogP contribution >= 0.6 is 0 Å². The van der Waals surface area contributed by atoms with Gasteiger partial charge >= 0.3 is 0 Å². The number of aromatic hydroxyl groups is 1. The monoisotopic (exact) mass is 240 g/mol. The van der Waals surface area contributed by atoms with Crippen molar-refractivity contribution in [3.05, 3.63) is 54.1 Å². The molecule has 1 nitrogen and oxygen atoms in total. The Morgan fingerprint density at radius 2 is 1.61 bits per heavy atom. The summed E-state index contributed by atoms with van der Waals surface area (Å²) in [6.07, 6.45) is 0.950. The molecule has 1 N–H and O–H groups in total. The van der Waals surface area contributed by atoms with E-state index in [2.05, 4.69) is 32.9 Å². The molecule has 0 radical (unpaired) electrons. The third kappa shape index (κ3) is 3.13. The highest BCUT2D eigenvalue weighted by Crippen LogP contribution is 2.31. The highest BCUT2D eigenvalue weighted by atomic mass is 16.3. The van der Waals surface area contributed by atoms with Gasteiger partial charge < -0.3 is 5.11 Å². The molecule has 2 aromatic rings. The van der Waals surface area contributed by atoms with Gasteiger partial charge in [-0.2, -0.15) is 0 Å². The molecular formula is C17H20O. The first-order chi connectivity index (χ1) is 8.46. The molecule has 0 heterocycles. The molecule has 0 saturated heterocycles. The highest BCUT2D eigenvalue weighted by Gasteiger charge is 2.15. The summed E-state index contributed by atoms with van der Waals surface area (Å²) in [6.45, 7) is 6.64. The molecule has 0 amide bonds. The van der Waals surface area contributed by atoms with Crippen LogP contribution in [0, 0.1) is 5.41 Å². The van der Waals surface area contributed by atoms with Crippen LogP contribution < -0.4 is 0 Å². The molecule has 0 unspecified atom stereocenters. The van der Waals surface area contributed by atoms with Gasteiger partial charge in [-0.25, -0.2) is 0 Å². The van der Waals surface area contributed by atoms with E-state index in [9.17, 15) is 5.11 Å². The predicted molar refractivity (Wildman–Crippen MR) is 76.7 cm³/mol. The van der Waals surface area contributed by atoms with Crippen molar-refractivity contribution in [2.75, 3.05) is 0 Å². The molecule has 2 rings (SSSR count). The minimum Gasteiger partial charge on any atom is -0.508 e. The topological polar surface area (TPSA) is 20.2 Å². The lowest BCUT2D eigenvalue weighted by Crippen LogP contribution is -2.10. The highest BCUT2D eigenvalue weighted by molar-refractivity contribution is 5.68. The molecule has 0 spiro atoms. The van der Waals surface area contributed by atoms with Crippen molar-refractivity contribution in [3.63, 3.8) is 0 Å². The minimum absolute atomic E-state index is 0.206. The molecule has 0 aliphatic carbocycles. The van der Waals surface area contributed by atoms with Gasteiger partial charge in [0, 0.05) is 0 Å². The zero-order chi connectivity index (χ0) is 13.2. The largest absolute Gasteiger partial charge is 0.508 e. The van der Waals surface area contributed by atoms with Gasteiger partial charge in [-0.05, 0) is 40.7 Å². The maximum atomic E-state index is 9.68. The van der Waals surface area contributed by atoms with E-state index in [-0.39, 0.29) is 5.41 Å². The predicted octanol–water partition coefficient (Wildman–Crippen LogP) is 4.65. The number of phenolic OH excluding ortho intramolecular Hbond substituents is 1. The molecule has 18 heavy (non-hydrogen) atoms. The fourth-order valence-electron chi connectivity index (χ4n) is 2.20. The first kappa shape index (κ1) is 12.7. The van der Waals surface area contributed by atoms with E-state index >= 15 is 0 Å². The van der Waals surface area contributed by atoms with Crippen molar-refractivity contribution in [1.29, 1.82) is 0 Å². The molecular weight excluding hydrogens is 220 g/mol. The van der Waals surface area contributed by atoms with Crippen LogP contribution in [0.4, 0.5) is 0 Å². The van der Waals surface area contributed by atoms with E-state index in [0.717, 1.165) is 6.42 Å². The third-order valence-corrected chi connectivity index (χ3v) is 2.89. The quantitative estimate of drug-likeness (QED) is 0.810. The van der Waals surface area contributed by atoms with Crippen LogP contribution in [0.25, 0.3) is 11.1 Å². The summed E-state index contributed by atoms with van der Waals surface area (Å²) in [5.41, 5.74) is 3.82. The van der Waals surface area contributed by atoms with Gasteiger partial charge in [0.05, 0.1) is 0 Å². The normalized spacial score (nSPS) is 11.5. The summed E-state index contributed by atoms with van der Waals surface area (Å²) in [6, 6.07) is 16.0. The average molecular weight is 240 g/mol. The lowest BCUT2D eigenvalue weighted by Gasteiger charge is -2.20. The molecule has 0 aliphatic heterocycles. The Morgan fingerprint density at radius 3 is 2.22 bits per heavy atom. The van der Waals surface area contributed by atoms with Crippen molar-refractivity contribution in [1.82, 2.24) is 0 Å². The number of benzene rings is 2. The molecule has 0 aliphatic rings. The second-order valence-corrected chi connectivity index (χ2v) is 5.94. The summed E-state index contributed by atoms with van der Waals surface area (Å²) >= 11 is 0. The Balaban J connectivity index is 2.47.